The Morgan fingerprint density at radius 3 is 3.07 bits per heavy atom. The van der Waals surface area contributed by atoms with Crippen molar-refractivity contribution >= 4 is 11.0 Å². The van der Waals surface area contributed by atoms with E-state index >= 15 is 0 Å². The zero-order valence-corrected chi connectivity index (χ0v) is 8.33. The molecule has 0 bridgehead atoms. The largest absolute Gasteiger partial charge is 0.464 e. The summed E-state index contributed by atoms with van der Waals surface area (Å²) in [5, 5.41) is 13.3. The lowest BCUT2D eigenvalue weighted by Crippen LogP contribution is -2.16. The number of rotatable bonds is 3. The van der Waals surface area contributed by atoms with Gasteiger partial charge in [0.15, 0.2) is 0 Å². The predicted octanol–water partition coefficient (Wildman–Crippen LogP) is 1.82. The molecule has 0 aliphatic carbocycles. The standard InChI is InChI=1S/C11H12FNO2/c1-13-6-10(14)9-5-8(12)4-7-2-3-15-11(7)9/h2-5,10,13-14H,6H2,1H3. The van der Waals surface area contributed by atoms with Gasteiger partial charge in [0.25, 0.3) is 0 Å². The smallest absolute Gasteiger partial charge is 0.139 e. The highest BCUT2D eigenvalue weighted by atomic mass is 19.1. The van der Waals surface area contributed by atoms with Gasteiger partial charge in [0.05, 0.1) is 12.4 Å². The van der Waals surface area contributed by atoms with E-state index in [4.69, 9.17) is 4.42 Å². The molecular weight excluding hydrogens is 197 g/mol. The average Bonchev–Trinajstić information content (AvgIpc) is 2.64. The van der Waals surface area contributed by atoms with Crippen LogP contribution in [0.25, 0.3) is 11.0 Å². The van der Waals surface area contributed by atoms with Crippen molar-refractivity contribution in [2.75, 3.05) is 13.6 Å². The van der Waals surface area contributed by atoms with Crippen molar-refractivity contribution in [2.45, 2.75) is 6.10 Å². The Bertz CT molecular complexity index is 467. The average molecular weight is 209 g/mol. The summed E-state index contributed by atoms with van der Waals surface area (Å²) in [7, 11) is 1.72. The summed E-state index contributed by atoms with van der Waals surface area (Å²) < 4.78 is 18.4. The van der Waals surface area contributed by atoms with E-state index < -0.39 is 6.10 Å². The van der Waals surface area contributed by atoms with Gasteiger partial charge in [-0.1, -0.05) is 0 Å². The second kappa shape index (κ2) is 4.00. The van der Waals surface area contributed by atoms with E-state index in [9.17, 15) is 9.50 Å². The van der Waals surface area contributed by atoms with Crippen LogP contribution < -0.4 is 5.32 Å². The van der Waals surface area contributed by atoms with E-state index in [0.29, 0.717) is 23.1 Å². The zero-order valence-electron chi connectivity index (χ0n) is 8.33. The molecule has 1 aromatic heterocycles. The van der Waals surface area contributed by atoms with Crippen molar-refractivity contribution in [3.05, 3.63) is 35.8 Å². The molecule has 0 radical (unpaired) electrons. The lowest BCUT2D eigenvalue weighted by Gasteiger charge is -2.10. The van der Waals surface area contributed by atoms with Crippen molar-refractivity contribution in [1.82, 2.24) is 5.32 Å². The van der Waals surface area contributed by atoms with Crippen LogP contribution in [-0.2, 0) is 0 Å². The minimum atomic E-state index is -0.764. The molecule has 0 spiro atoms. The molecule has 0 amide bonds. The minimum absolute atomic E-state index is 0.360. The fourth-order valence-corrected chi connectivity index (χ4v) is 1.62. The quantitative estimate of drug-likeness (QED) is 0.810. The molecule has 80 valence electrons. The Kier molecular flexibility index (Phi) is 2.70. The number of benzene rings is 1. The lowest BCUT2D eigenvalue weighted by molar-refractivity contribution is 0.177. The first-order valence-electron chi connectivity index (χ1n) is 4.71. The molecule has 0 saturated carbocycles. The highest BCUT2D eigenvalue weighted by Gasteiger charge is 2.14. The summed E-state index contributed by atoms with van der Waals surface area (Å²) >= 11 is 0. The van der Waals surface area contributed by atoms with Crippen LogP contribution in [-0.4, -0.2) is 18.7 Å². The van der Waals surface area contributed by atoms with Gasteiger partial charge in [-0.25, -0.2) is 4.39 Å². The number of fused-ring (bicyclic) bond motifs is 1. The summed E-state index contributed by atoms with van der Waals surface area (Å²) in [6, 6.07) is 4.36. The number of likely N-dealkylation sites (N-methyl/N-ethyl adjacent to an activating group) is 1. The van der Waals surface area contributed by atoms with Gasteiger partial charge in [0.1, 0.15) is 11.4 Å². The maximum Gasteiger partial charge on any atom is 0.139 e. The number of aliphatic hydroxyl groups is 1. The van der Waals surface area contributed by atoms with Gasteiger partial charge in [-0.2, -0.15) is 0 Å². The number of furan rings is 1. The van der Waals surface area contributed by atoms with Crippen molar-refractivity contribution in [3.8, 4) is 0 Å². The molecule has 0 saturated heterocycles. The van der Waals surface area contributed by atoms with Gasteiger partial charge in [-0.05, 0) is 25.2 Å². The molecule has 1 atom stereocenters. The van der Waals surface area contributed by atoms with E-state index in [-0.39, 0.29) is 5.82 Å². The van der Waals surface area contributed by atoms with Gasteiger partial charge in [0, 0.05) is 17.5 Å². The molecule has 1 unspecified atom stereocenters. The fourth-order valence-electron chi connectivity index (χ4n) is 1.62. The monoisotopic (exact) mass is 209 g/mol. The van der Waals surface area contributed by atoms with E-state index in [2.05, 4.69) is 5.32 Å². The highest BCUT2D eigenvalue weighted by molar-refractivity contribution is 5.80. The number of aliphatic hydroxyl groups excluding tert-OH is 1. The van der Waals surface area contributed by atoms with Crippen LogP contribution >= 0.6 is 0 Å². The highest BCUT2D eigenvalue weighted by Crippen LogP contribution is 2.26. The van der Waals surface area contributed by atoms with E-state index in [1.54, 1.807) is 13.1 Å². The first-order chi connectivity index (χ1) is 7.22. The van der Waals surface area contributed by atoms with Gasteiger partial charge in [-0.15, -0.1) is 0 Å². The fraction of sp³-hybridized carbons (Fsp3) is 0.273. The second-order valence-electron chi connectivity index (χ2n) is 3.41. The third-order valence-corrected chi connectivity index (χ3v) is 2.30. The third kappa shape index (κ3) is 1.86. The Labute approximate surface area is 86.5 Å². The Morgan fingerprint density at radius 2 is 2.33 bits per heavy atom. The molecule has 0 aliphatic heterocycles. The van der Waals surface area contributed by atoms with Crippen molar-refractivity contribution in [1.29, 1.82) is 0 Å². The lowest BCUT2D eigenvalue weighted by atomic mass is 10.1. The molecule has 2 N–H and O–H groups in total. The molecule has 2 rings (SSSR count). The second-order valence-corrected chi connectivity index (χ2v) is 3.41. The van der Waals surface area contributed by atoms with Crippen LogP contribution in [0.15, 0.2) is 28.9 Å². The number of halogens is 1. The van der Waals surface area contributed by atoms with Crippen LogP contribution in [0, 0.1) is 5.82 Å². The molecule has 2 aromatic rings. The topological polar surface area (TPSA) is 45.4 Å². The molecule has 3 nitrogen and oxygen atoms in total. The van der Waals surface area contributed by atoms with Gasteiger partial charge < -0.3 is 14.8 Å². The first-order valence-corrected chi connectivity index (χ1v) is 4.71. The first kappa shape index (κ1) is 10.1. The Balaban J connectivity index is 2.52. The normalized spacial score (nSPS) is 13.3. The predicted molar refractivity (Wildman–Crippen MR) is 55.1 cm³/mol. The zero-order chi connectivity index (χ0) is 10.8. The van der Waals surface area contributed by atoms with E-state index in [1.165, 1.54) is 18.4 Å². The SMILES string of the molecule is CNCC(O)c1cc(F)cc2ccoc12. The van der Waals surface area contributed by atoms with Gasteiger partial charge in [-0.3, -0.25) is 0 Å². The summed E-state index contributed by atoms with van der Waals surface area (Å²) in [6.45, 7) is 0.360. The van der Waals surface area contributed by atoms with E-state index in [0.717, 1.165) is 0 Å². The third-order valence-electron chi connectivity index (χ3n) is 2.30. The van der Waals surface area contributed by atoms with Gasteiger partial charge in [0.2, 0.25) is 0 Å². The molecule has 1 aromatic carbocycles. The van der Waals surface area contributed by atoms with Crippen LogP contribution in [0.2, 0.25) is 0 Å². The molecule has 15 heavy (non-hydrogen) atoms. The van der Waals surface area contributed by atoms with Crippen LogP contribution in [0.5, 0.6) is 0 Å². The Morgan fingerprint density at radius 1 is 1.53 bits per heavy atom. The van der Waals surface area contributed by atoms with Crippen molar-refractivity contribution in [2.24, 2.45) is 0 Å². The molecular formula is C11H12FNO2. The van der Waals surface area contributed by atoms with Crippen LogP contribution in [0.4, 0.5) is 4.39 Å². The minimum Gasteiger partial charge on any atom is -0.464 e. The molecule has 0 fully saturated rings. The number of hydrogen-bond acceptors (Lipinski definition) is 3. The summed E-state index contributed by atoms with van der Waals surface area (Å²) in [4.78, 5) is 0. The van der Waals surface area contributed by atoms with Crippen LogP contribution in [0.1, 0.15) is 11.7 Å². The summed E-state index contributed by atoms with van der Waals surface area (Å²) in [6.07, 6.45) is 0.721. The molecule has 0 aliphatic rings. The maximum absolute atomic E-state index is 13.2. The van der Waals surface area contributed by atoms with Crippen molar-refractivity contribution in [3.63, 3.8) is 0 Å². The van der Waals surface area contributed by atoms with E-state index in [1.807, 2.05) is 0 Å². The van der Waals surface area contributed by atoms with Gasteiger partial charge >= 0.3 is 0 Å². The number of nitrogens with one attached hydrogen (secondary N) is 1. The summed E-state index contributed by atoms with van der Waals surface area (Å²) in [5.41, 5.74) is 1.02. The number of hydrogen-bond donors (Lipinski definition) is 2. The van der Waals surface area contributed by atoms with Crippen molar-refractivity contribution < 1.29 is 13.9 Å². The Hall–Kier alpha value is -1.39. The maximum atomic E-state index is 13.2. The molecule has 4 heteroatoms. The summed E-state index contributed by atoms with van der Waals surface area (Å²) in [5.74, 6) is -0.367. The molecule has 1 heterocycles. The van der Waals surface area contributed by atoms with Crippen LogP contribution in [0.3, 0.4) is 0 Å².